The van der Waals surface area contributed by atoms with Gasteiger partial charge in [0.05, 0.1) is 13.2 Å². The summed E-state index contributed by atoms with van der Waals surface area (Å²) in [6, 6.07) is 16.1. The number of methoxy groups -OCH3 is 1. The smallest absolute Gasteiger partial charge is 0.220 e. The van der Waals surface area contributed by atoms with Crippen LogP contribution in [0, 0.1) is 6.92 Å². The van der Waals surface area contributed by atoms with Gasteiger partial charge in [-0.2, -0.15) is 0 Å². The summed E-state index contributed by atoms with van der Waals surface area (Å²) in [7, 11) is 1.64. The SMILES string of the molecule is COc1ccc(C(C)NC(=O)CCc2ccc(C)cc2)cc1. The third kappa shape index (κ3) is 4.62. The van der Waals surface area contributed by atoms with Crippen LogP contribution in [-0.4, -0.2) is 13.0 Å². The van der Waals surface area contributed by atoms with Crippen LogP contribution >= 0.6 is 0 Å². The molecule has 1 amide bonds. The fourth-order valence-electron chi connectivity index (χ4n) is 2.30. The van der Waals surface area contributed by atoms with Crippen LogP contribution in [0.15, 0.2) is 48.5 Å². The Bertz CT molecular complexity index is 602. The zero-order valence-electron chi connectivity index (χ0n) is 13.4. The highest BCUT2D eigenvalue weighted by atomic mass is 16.5. The van der Waals surface area contributed by atoms with Crippen LogP contribution in [0.1, 0.15) is 36.1 Å². The van der Waals surface area contributed by atoms with E-state index in [9.17, 15) is 4.79 Å². The number of benzene rings is 2. The molecule has 1 unspecified atom stereocenters. The number of amides is 1. The molecule has 0 radical (unpaired) electrons. The number of aryl methyl sites for hydroxylation is 2. The number of hydrogen-bond donors (Lipinski definition) is 1. The maximum atomic E-state index is 12.1. The third-order valence-corrected chi connectivity index (χ3v) is 3.75. The van der Waals surface area contributed by atoms with Crippen molar-refractivity contribution in [1.82, 2.24) is 5.32 Å². The molecule has 0 aliphatic rings. The second kappa shape index (κ2) is 7.64. The van der Waals surface area contributed by atoms with Gasteiger partial charge in [-0.25, -0.2) is 0 Å². The minimum atomic E-state index is -0.00331. The summed E-state index contributed by atoms with van der Waals surface area (Å²) in [5, 5.41) is 3.04. The quantitative estimate of drug-likeness (QED) is 0.880. The normalized spacial score (nSPS) is 11.8. The Morgan fingerprint density at radius 1 is 1.09 bits per heavy atom. The molecule has 0 aliphatic carbocycles. The number of hydrogen-bond acceptors (Lipinski definition) is 2. The van der Waals surface area contributed by atoms with Crippen LogP contribution in [0.3, 0.4) is 0 Å². The second-order valence-corrected chi connectivity index (χ2v) is 5.55. The molecule has 3 heteroatoms. The molecule has 2 aromatic rings. The molecule has 2 rings (SSSR count). The molecule has 0 saturated carbocycles. The van der Waals surface area contributed by atoms with Gasteiger partial charge in [0, 0.05) is 6.42 Å². The zero-order chi connectivity index (χ0) is 15.9. The molecule has 0 aromatic heterocycles. The monoisotopic (exact) mass is 297 g/mol. The maximum absolute atomic E-state index is 12.1. The van der Waals surface area contributed by atoms with Crippen LogP contribution in [-0.2, 0) is 11.2 Å². The standard InChI is InChI=1S/C19H23NO2/c1-14-4-6-16(7-5-14)8-13-19(21)20-15(2)17-9-11-18(22-3)12-10-17/h4-7,9-12,15H,8,13H2,1-3H3,(H,20,21). The predicted octanol–water partition coefficient (Wildman–Crippen LogP) is 3.81. The van der Waals surface area contributed by atoms with E-state index in [1.807, 2.05) is 31.2 Å². The Labute approximate surface area is 132 Å². The summed E-state index contributed by atoms with van der Waals surface area (Å²) in [6.07, 6.45) is 1.27. The first-order valence-electron chi connectivity index (χ1n) is 7.57. The average Bonchev–Trinajstić information content (AvgIpc) is 2.54. The predicted molar refractivity (Wildman–Crippen MR) is 89.1 cm³/mol. The van der Waals surface area contributed by atoms with E-state index in [4.69, 9.17) is 4.74 Å². The van der Waals surface area contributed by atoms with E-state index >= 15 is 0 Å². The molecule has 116 valence electrons. The molecule has 0 bridgehead atoms. The highest BCUT2D eigenvalue weighted by molar-refractivity contribution is 5.76. The lowest BCUT2D eigenvalue weighted by molar-refractivity contribution is -0.121. The Morgan fingerprint density at radius 2 is 1.73 bits per heavy atom. The second-order valence-electron chi connectivity index (χ2n) is 5.55. The highest BCUT2D eigenvalue weighted by Crippen LogP contribution is 2.17. The molecular weight excluding hydrogens is 274 g/mol. The number of carbonyl (C=O) groups is 1. The molecule has 22 heavy (non-hydrogen) atoms. The van der Waals surface area contributed by atoms with Gasteiger partial charge < -0.3 is 10.1 Å². The number of nitrogens with one attached hydrogen (secondary N) is 1. The van der Waals surface area contributed by atoms with Gasteiger partial charge in [0.15, 0.2) is 0 Å². The van der Waals surface area contributed by atoms with E-state index in [1.165, 1.54) is 11.1 Å². The molecule has 1 N–H and O–H groups in total. The fourth-order valence-corrected chi connectivity index (χ4v) is 2.30. The van der Waals surface area contributed by atoms with Crippen molar-refractivity contribution in [1.29, 1.82) is 0 Å². The van der Waals surface area contributed by atoms with Crippen molar-refractivity contribution in [3.63, 3.8) is 0 Å². The molecule has 3 nitrogen and oxygen atoms in total. The summed E-state index contributed by atoms with van der Waals surface area (Å²) in [5.74, 6) is 0.894. The molecule has 0 spiro atoms. The van der Waals surface area contributed by atoms with Crippen LogP contribution in [0.5, 0.6) is 5.75 Å². The van der Waals surface area contributed by atoms with Crippen LogP contribution in [0.2, 0.25) is 0 Å². The van der Waals surface area contributed by atoms with Crippen molar-refractivity contribution >= 4 is 5.91 Å². The molecule has 2 aromatic carbocycles. The van der Waals surface area contributed by atoms with E-state index in [2.05, 4.69) is 36.5 Å². The van der Waals surface area contributed by atoms with Gasteiger partial charge in [0.2, 0.25) is 5.91 Å². The largest absolute Gasteiger partial charge is 0.497 e. The van der Waals surface area contributed by atoms with E-state index in [1.54, 1.807) is 7.11 Å². The fraction of sp³-hybridized carbons (Fsp3) is 0.316. The Kier molecular flexibility index (Phi) is 5.59. The van der Waals surface area contributed by atoms with Gasteiger partial charge in [-0.1, -0.05) is 42.0 Å². The van der Waals surface area contributed by atoms with E-state index in [0.29, 0.717) is 6.42 Å². The first-order chi connectivity index (χ1) is 10.6. The summed E-state index contributed by atoms with van der Waals surface area (Å²) >= 11 is 0. The molecule has 0 heterocycles. The lowest BCUT2D eigenvalue weighted by Gasteiger charge is -2.15. The van der Waals surface area contributed by atoms with Gasteiger partial charge in [-0.05, 0) is 43.5 Å². The minimum Gasteiger partial charge on any atom is -0.497 e. The summed E-state index contributed by atoms with van der Waals surface area (Å²) < 4.78 is 5.14. The van der Waals surface area contributed by atoms with Crippen LogP contribution in [0.4, 0.5) is 0 Å². The zero-order valence-corrected chi connectivity index (χ0v) is 13.4. The van der Waals surface area contributed by atoms with Crippen molar-refractivity contribution in [3.05, 3.63) is 65.2 Å². The van der Waals surface area contributed by atoms with Gasteiger partial charge >= 0.3 is 0 Å². The molecule has 1 atom stereocenters. The number of rotatable bonds is 6. The van der Waals surface area contributed by atoms with Gasteiger partial charge in [0.25, 0.3) is 0 Å². The lowest BCUT2D eigenvalue weighted by Crippen LogP contribution is -2.26. The third-order valence-electron chi connectivity index (χ3n) is 3.75. The summed E-state index contributed by atoms with van der Waals surface area (Å²) in [5.41, 5.74) is 3.50. The number of carbonyl (C=O) groups excluding carboxylic acids is 1. The minimum absolute atomic E-state index is 0.00331. The first-order valence-corrected chi connectivity index (χ1v) is 7.57. The van der Waals surface area contributed by atoms with Crippen molar-refractivity contribution < 1.29 is 9.53 Å². The van der Waals surface area contributed by atoms with E-state index < -0.39 is 0 Å². The van der Waals surface area contributed by atoms with Gasteiger partial charge in [-0.15, -0.1) is 0 Å². The molecule has 0 saturated heterocycles. The van der Waals surface area contributed by atoms with Crippen molar-refractivity contribution in [2.24, 2.45) is 0 Å². The van der Waals surface area contributed by atoms with Gasteiger partial charge in [-0.3, -0.25) is 4.79 Å². The first kappa shape index (κ1) is 16.1. The van der Waals surface area contributed by atoms with Crippen molar-refractivity contribution in [3.8, 4) is 5.75 Å². The Morgan fingerprint density at radius 3 is 2.32 bits per heavy atom. The Hall–Kier alpha value is -2.29. The maximum Gasteiger partial charge on any atom is 0.220 e. The molecule has 0 aliphatic heterocycles. The summed E-state index contributed by atoms with van der Waals surface area (Å²) in [4.78, 5) is 12.1. The Balaban J connectivity index is 1.83. The molecule has 0 fully saturated rings. The number of ether oxygens (including phenoxy) is 1. The highest BCUT2D eigenvalue weighted by Gasteiger charge is 2.09. The van der Waals surface area contributed by atoms with E-state index in [-0.39, 0.29) is 11.9 Å². The van der Waals surface area contributed by atoms with E-state index in [0.717, 1.165) is 17.7 Å². The average molecular weight is 297 g/mol. The van der Waals surface area contributed by atoms with Crippen molar-refractivity contribution in [2.45, 2.75) is 32.7 Å². The molecular formula is C19H23NO2. The summed E-state index contributed by atoms with van der Waals surface area (Å²) in [6.45, 7) is 4.05. The lowest BCUT2D eigenvalue weighted by atomic mass is 10.1. The van der Waals surface area contributed by atoms with Crippen LogP contribution < -0.4 is 10.1 Å². The van der Waals surface area contributed by atoms with Gasteiger partial charge in [0.1, 0.15) is 5.75 Å². The van der Waals surface area contributed by atoms with Crippen LogP contribution in [0.25, 0.3) is 0 Å². The van der Waals surface area contributed by atoms with Crippen molar-refractivity contribution in [2.75, 3.05) is 7.11 Å². The topological polar surface area (TPSA) is 38.3 Å².